The molecule has 2 rings (SSSR count). The topological polar surface area (TPSA) is 29.5 Å². The Hall–Kier alpha value is -1.87. The highest BCUT2D eigenvalue weighted by atomic mass is 19.1. The molecule has 1 N–H and O–H groups in total. The fourth-order valence-corrected chi connectivity index (χ4v) is 2.53. The first-order chi connectivity index (χ1) is 9.52. The number of aliphatic hydroxyl groups is 1. The van der Waals surface area contributed by atoms with E-state index in [1.54, 1.807) is 7.11 Å². The third-order valence-corrected chi connectivity index (χ3v) is 3.42. The van der Waals surface area contributed by atoms with E-state index in [4.69, 9.17) is 4.74 Å². The van der Waals surface area contributed by atoms with Crippen molar-refractivity contribution in [2.75, 3.05) is 7.11 Å². The van der Waals surface area contributed by atoms with Gasteiger partial charge >= 0.3 is 0 Å². The number of methoxy groups -OCH3 is 1. The van der Waals surface area contributed by atoms with E-state index in [-0.39, 0.29) is 5.82 Å². The van der Waals surface area contributed by atoms with Gasteiger partial charge in [-0.1, -0.05) is 24.3 Å². The number of benzene rings is 2. The van der Waals surface area contributed by atoms with Gasteiger partial charge in [-0.15, -0.1) is 0 Å². The van der Waals surface area contributed by atoms with Crippen LogP contribution in [0.25, 0.3) is 0 Å². The molecule has 2 nitrogen and oxygen atoms in total. The van der Waals surface area contributed by atoms with Crippen LogP contribution < -0.4 is 4.74 Å². The zero-order valence-corrected chi connectivity index (χ0v) is 12.0. The molecule has 0 aliphatic carbocycles. The van der Waals surface area contributed by atoms with E-state index in [1.807, 2.05) is 44.2 Å². The summed E-state index contributed by atoms with van der Waals surface area (Å²) in [6.45, 7) is 3.66. The summed E-state index contributed by atoms with van der Waals surface area (Å²) in [6, 6.07) is 10.8. The molecule has 0 bridgehead atoms. The Balaban J connectivity index is 2.31. The normalized spacial score (nSPS) is 12.2. The predicted octanol–water partition coefficient (Wildman–Crippen LogP) is 3.73. The van der Waals surface area contributed by atoms with E-state index < -0.39 is 6.10 Å². The SMILES string of the molecule is COc1ccccc1CC(O)c1c(C)cc(C)cc1F. The van der Waals surface area contributed by atoms with Crippen molar-refractivity contribution in [3.05, 3.63) is 64.5 Å². The number of halogens is 1. The summed E-state index contributed by atoms with van der Waals surface area (Å²) in [7, 11) is 1.59. The molecule has 2 aromatic rings. The lowest BCUT2D eigenvalue weighted by molar-refractivity contribution is 0.171. The minimum absolute atomic E-state index is 0.324. The molecule has 1 atom stereocenters. The monoisotopic (exact) mass is 274 g/mol. The fourth-order valence-electron chi connectivity index (χ4n) is 2.53. The van der Waals surface area contributed by atoms with Gasteiger partial charge in [-0.05, 0) is 42.7 Å². The number of aliphatic hydroxyl groups excluding tert-OH is 1. The van der Waals surface area contributed by atoms with Gasteiger partial charge in [0.15, 0.2) is 0 Å². The number of aryl methyl sites for hydroxylation is 2. The van der Waals surface area contributed by atoms with Crippen LogP contribution >= 0.6 is 0 Å². The lowest BCUT2D eigenvalue weighted by Gasteiger charge is -2.17. The molecule has 3 heteroatoms. The molecule has 0 saturated carbocycles. The molecule has 2 aromatic carbocycles. The molecule has 0 aliphatic rings. The number of para-hydroxylation sites is 1. The van der Waals surface area contributed by atoms with Gasteiger partial charge in [0, 0.05) is 12.0 Å². The summed E-state index contributed by atoms with van der Waals surface area (Å²) >= 11 is 0. The van der Waals surface area contributed by atoms with Crippen molar-refractivity contribution in [1.82, 2.24) is 0 Å². The van der Waals surface area contributed by atoms with E-state index in [9.17, 15) is 9.50 Å². The van der Waals surface area contributed by atoms with Crippen LogP contribution in [-0.2, 0) is 6.42 Å². The fraction of sp³-hybridized carbons (Fsp3) is 0.294. The van der Waals surface area contributed by atoms with Crippen LogP contribution in [0.3, 0.4) is 0 Å². The zero-order chi connectivity index (χ0) is 14.7. The van der Waals surface area contributed by atoms with Crippen LogP contribution in [0.4, 0.5) is 4.39 Å². The van der Waals surface area contributed by atoms with Gasteiger partial charge in [0.2, 0.25) is 0 Å². The highest BCUT2D eigenvalue weighted by molar-refractivity contribution is 5.38. The van der Waals surface area contributed by atoms with Gasteiger partial charge in [0.05, 0.1) is 13.2 Å². The van der Waals surface area contributed by atoms with Crippen LogP contribution in [0, 0.1) is 19.7 Å². The first kappa shape index (κ1) is 14.5. The maximum atomic E-state index is 14.1. The van der Waals surface area contributed by atoms with E-state index in [1.165, 1.54) is 6.07 Å². The first-order valence-electron chi connectivity index (χ1n) is 6.59. The van der Waals surface area contributed by atoms with Crippen molar-refractivity contribution >= 4 is 0 Å². The van der Waals surface area contributed by atoms with Crippen LogP contribution in [0.1, 0.15) is 28.4 Å². The standard InChI is InChI=1S/C17H19FO2/c1-11-8-12(2)17(14(18)9-11)15(19)10-13-6-4-5-7-16(13)20-3/h4-9,15,19H,10H2,1-3H3. The summed E-state index contributed by atoms with van der Waals surface area (Å²) in [5.41, 5.74) is 2.85. The average molecular weight is 274 g/mol. The van der Waals surface area contributed by atoms with Gasteiger partial charge in [-0.2, -0.15) is 0 Å². The molecular weight excluding hydrogens is 255 g/mol. The Bertz CT molecular complexity index is 585. The molecule has 0 aliphatic heterocycles. The number of hydrogen-bond acceptors (Lipinski definition) is 2. The second kappa shape index (κ2) is 6.06. The molecule has 0 heterocycles. The third-order valence-electron chi connectivity index (χ3n) is 3.42. The van der Waals surface area contributed by atoms with E-state index in [0.29, 0.717) is 17.7 Å². The maximum absolute atomic E-state index is 14.1. The molecule has 0 spiro atoms. The Labute approximate surface area is 118 Å². The number of hydrogen-bond donors (Lipinski definition) is 1. The molecule has 0 amide bonds. The summed E-state index contributed by atoms with van der Waals surface area (Å²) in [5.74, 6) is 0.349. The lowest BCUT2D eigenvalue weighted by Crippen LogP contribution is -2.08. The first-order valence-corrected chi connectivity index (χ1v) is 6.59. The minimum Gasteiger partial charge on any atom is -0.496 e. The summed E-state index contributed by atoms with van der Waals surface area (Å²) < 4.78 is 19.3. The lowest BCUT2D eigenvalue weighted by atomic mass is 9.95. The Morgan fingerprint density at radius 3 is 2.55 bits per heavy atom. The minimum atomic E-state index is -0.883. The molecule has 20 heavy (non-hydrogen) atoms. The largest absolute Gasteiger partial charge is 0.496 e. The van der Waals surface area contributed by atoms with Crippen molar-refractivity contribution in [2.24, 2.45) is 0 Å². The van der Waals surface area contributed by atoms with Crippen LogP contribution in [0.5, 0.6) is 5.75 Å². The molecule has 0 fully saturated rings. The van der Waals surface area contributed by atoms with Gasteiger partial charge < -0.3 is 9.84 Å². The molecule has 0 radical (unpaired) electrons. The van der Waals surface area contributed by atoms with Gasteiger partial charge in [-0.25, -0.2) is 4.39 Å². The molecule has 106 valence electrons. The van der Waals surface area contributed by atoms with Crippen LogP contribution in [-0.4, -0.2) is 12.2 Å². The van der Waals surface area contributed by atoms with Crippen molar-refractivity contribution in [3.8, 4) is 5.75 Å². The highest BCUT2D eigenvalue weighted by Crippen LogP contribution is 2.28. The van der Waals surface area contributed by atoms with Crippen LogP contribution in [0.15, 0.2) is 36.4 Å². The summed E-state index contributed by atoms with van der Waals surface area (Å²) in [5, 5.41) is 10.4. The Morgan fingerprint density at radius 2 is 1.90 bits per heavy atom. The van der Waals surface area contributed by atoms with Crippen molar-refractivity contribution in [2.45, 2.75) is 26.4 Å². The molecule has 0 saturated heterocycles. The Kier molecular flexibility index (Phi) is 4.40. The molecule has 1 unspecified atom stereocenters. The Morgan fingerprint density at radius 1 is 1.20 bits per heavy atom. The predicted molar refractivity (Wildman–Crippen MR) is 77.5 cm³/mol. The number of rotatable bonds is 4. The van der Waals surface area contributed by atoms with Gasteiger partial charge in [0.25, 0.3) is 0 Å². The smallest absolute Gasteiger partial charge is 0.129 e. The van der Waals surface area contributed by atoms with Crippen molar-refractivity contribution in [1.29, 1.82) is 0 Å². The summed E-state index contributed by atoms with van der Waals surface area (Å²) in [6.07, 6.45) is -0.558. The van der Waals surface area contributed by atoms with Crippen molar-refractivity contribution in [3.63, 3.8) is 0 Å². The van der Waals surface area contributed by atoms with Crippen molar-refractivity contribution < 1.29 is 14.2 Å². The quantitative estimate of drug-likeness (QED) is 0.920. The van der Waals surface area contributed by atoms with Gasteiger partial charge in [0.1, 0.15) is 11.6 Å². The zero-order valence-electron chi connectivity index (χ0n) is 12.0. The molecular formula is C17H19FO2. The maximum Gasteiger partial charge on any atom is 0.129 e. The second-order valence-electron chi connectivity index (χ2n) is 5.01. The van der Waals surface area contributed by atoms with E-state index in [2.05, 4.69) is 0 Å². The van der Waals surface area contributed by atoms with Gasteiger partial charge in [-0.3, -0.25) is 0 Å². The average Bonchev–Trinajstić information content (AvgIpc) is 2.38. The second-order valence-corrected chi connectivity index (χ2v) is 5.01. The summed E-state index contributed by atoms with van der Waals surface area (Å²) in [4.78, 5) is 0. The van der Waals surface area contributed by atoms with E-state index >= 15 is 0 Å². The highest BCUT2D eigenvalue weighted by Gasteiger charge is 2.18. The third kappa shape index (κ3) is 2.99. The van der Waals surface area contributed by atoms with Crippen LogP contribution in [0.2, 0.25) is 0 Å². The molecule has 0 aromatic heterocycles. The van der Waals surface area contributed by atoms with E-state index in [0.717, 1.165) is 16.7 Å². The number of ether oxygens (including phenoxy) is 1.